The zero-order chi connectivity index (χ0) is 40.7. The van der Waals surface area contributed by atoms with E-state index in [-0.39, 0.29) is 12.5 Å². The summed E-state index contributed by atoms with van der Waals surface area (Å²) in [6.45, 7) is 3.94. The van der Waals surface area contributed by atoms with Gasteiger partial charge in [0.2, 0.25) is 5.91 Å². The van der Waals surface area contributed by atoms with E-state index in [4.69, 9.17) is 0 Å². The Kier molecular flexibility index (Phi) is 44.4. The molecular formula is C52H89NO3. The number of nitrogens with one attached hydrogen (secondary N) is 1. The van der Waals surface area contributed by atoms with E-state index in [1.165, 1.54) is 116 Å². The number of carbonyl (C=O) groups excluding carboxylic acids is 1. The number of hydrogen-bond donors (Lipinski definition) is 3. The van der Waals surface area contributed by atoms with Crippen molar-refractivity contribution in [3.05, 3.63) is 97.2 Å². The van der Waals surface area contributed by atoms with Crippen molar-refractivity contribution in [2.45, 2.75) is 219 Å². The van der Waals surface area contributed by atoms with Gasteiger partial charge in [-0.1, -0.05) is 213 Å². The third-order valence-electron chi connectivity index (χ3n) is 10.1. The standard InChI is InChI=1S/C52H89NO3/c1-3-5-7-9-11-13-14-15-16-17-18-19-20-21-22-23-24-25-26-27-28-29-30-31-32-33-34-35-36-37-38-40-42-44-46-48-52(56)53-50(49-54)51(55)47-45-43-41-39-12-10-8-6-4-2/h4-7,11-13,15-16,18-19,21-22,39,45,47,50-51,54-55H,3,8-10,14,17,20,23-38,40-44,46,48-49H2,1-2H3,(H,53,56)/b6-4+,7-5-,13-11-,16-15-,19-18-,22-21-,39-12+,47-45+. The Bertz CT molecular complexity index is 1060. The predicted molar refractivity (Wildman–Crippen MR) is 248 cm³/mol. The van der Waals surface area contributed by atoms with Gasteiger partial charge in [0, 0.05) is 6.42 Å². The van der Waals surface area contributed by atoms with Gasteiger partial charge in [0.05, 0.1) is 18.8 Å². The monoisotopic (exact) mass is 776 g/mol. The molecule has 4 heteroatoms. The highest BCUT2D eigenvalue weighted by molar-refractivity contribution is 5.76. The van der Waals surface area contributed by atoms with E-state index in [0.717, 1.165) is 70.6 Å². The summed E-state index contributed by atoms with van der Waals surface area (Å²) in [5.74, 6) is -0.0834. The summed E-state index contributed by atoms with van der Waals surface area (Å²) in [6.07, 6.45) is 70.0. The zero-order valence-corrected chi connectivity index (χ0v) is 36.6. The van der Waals surface area contributed by atoms with Crippen LogP contribution in [-0.4, -0.2) is 34.9 Å². The first-order chi connectivity index (χ1) is 27.7. The van der Waals surface area contributed by atoms with Gasteiger partial charge in [-0.25, -0.2) is 0 Å². The van der Waals surface area contributed by atoms with Gasteiger partial charge in [-0.3, -0.25) is 4.79 Å². The fourth-order valence-electron chi connectivity index (χ4n) is 6.60. The van der Waals surface area contributed by atoms with Crippen LogP contribution in [0.5, 0.6) is 0 Å². The second-order valence-corrected chi connectivity index (χ2v) is 15.4. The van der Waals surface area contributed by atoms with E-state index in [2.05, 4.69) is 97.3 Å². The molecule has 0 saturated carbocycles. The lowest BCUT2D eigenvalue weighted by molar-refractivity contribution is -0.123. The largest absolute Gasteiger partial charge is 0.394 e. The van der Waals surface area contributed by atoms with E-state index in [9.17, 15) is 15.0 Å². The summed E-state index contributed by atoms with van der Waals surface area (Å²) in [4.78, 5) is 12.3. The van der Waals surface area contributed by atoms with Crippen LogP contribution in [0.4, 0.5) is 0 Å². The van der Waals surface area contributed by atoms with Crippen LogP contribution < -0.4 is 5.32 Å². The molecule has 0 heterocycles. The number of aliphatic hydroxyl groups excluding tert-OH is 2. The van der Waals surface area contributed by atoms with E-state index < -0.39 is 12.1 Å². The second-order valence-electron chi connectivity index (χ2n) is 15.4. The maximum Gasteiger partial charge on any atom is 0.220 e. The SMILES string of the molecule is C/C=C/CC/C=C/CC/C=C/C(O)C(CO)NC(=O)CCCCCCCCCCCCCCCCCCCCC/C=C\C/C=C\C/C=C\C/C=C\C/C=C\CC. The van der Waals surface area contributed by atoms with Gasteiger partial charge in [-0.15, -0.1) is 0 Å². The summed E-state index contributed by atoms with van der Waals surface area (Å²) < 4.78 is 0. The van der Waals surface area contributed by atoms with Crippen LogP contribution in [0, 0.1) is 0 Å². The van der Waals surface area contributed by atoms with E-state index in [0.29, 0.717) is 6.42 Å². The highest BCUT2D eigenvalue weighted by atomic mass is 16.3. The van der Waals surface area contributed by atoms with E-state index in [1.54, 1.807) is 6.08 Å². The minimum Gasteiger partial charge on any atom is -0.394 e. The fourth-order valence-corrected chi connectivity index (χ4v) is 6.60. The average Bonchev–Trinajstić information content (AvgIpc) is 3.20. The Balaban J connectivity index is 3.46. The maximum atomic E-state index is 12.3. The predicted octanol–water partition coefficient (Wildman–Crippen LogP) is 15.0. The maximum absolute atomic E-state index is 12.3. The Labute approximate surface area is 347 Å². The molecule has 0 aliphatic carbocycles. The molecule has 0 bridgehead atoms. The van der Waals surface area contributed by atoms with Gasteiger partial charge >= 0.3 is 0 Å². The number of rotatable bonds is 41. The molecule has 0 aliphatic heterocycles. The fraction of sp³-hybridized carbons (Fsp3) is 0.673. The first-order valence-corrected chi connectivity index (χ1v) is 23.4. The minimum absolute atomic E-state index is 0.0834. The number of allylic oxidation sites excluding steroid dienone is 15. The molecule has 0 aromatic carbocycles. The lowest BCUT2D eigenvalue weighted by Crippen LogP contribution is -2.45. The summed E-state index contributed by atoms with van der Waals surface area (Å²) in [7, 11) is 0. The van der Waals surface area contributed by atoms with Crippen LogP contribution in [-0.2, 0) is 4.79 Å². The highest BCUT2D eigenvalue weighted by Crippen LogP contribution is 2.15. The molecular weight excluding hydrogens is 687 g/mol. The molecule has 2 unspecified atom stereocenters. The van der Waals surface area contributed by atoms with Gasteiger partial charge in [0.1, 0.15) is 0 Å². The molecule has 0 radical (unpaired) electrons. The van der Waals surface area contributed by atoms with Crippen LogP contribution in [0.1, 0.15) is 206 Å². The Hall–Kier alpha value is -2.69. The Morgan fingerprint density at radius 2 is 0.821 bits per heavy atom. The van der Waals surface area contributed by atoms with Crippen LogP contribution in [0.3, 0.4) is 0 Å². The van der Waals surface area contributed by atoms with Crippen LogP contribution in [0.25, 0.3) is 0 Å². The molecule has 0 aromatic rings. The highest BCUT2D eigenvalue weighted by Gasteiger charge is 2.17. The van der Waals surface area contributed by atoms with Crippen molar-refractivity contribution in [2.75, 3.05) is 6.61 Å². The van der Waals surface area contributed by atoms with Gasteiger partial charge in [0.25, 0.3) is 0 Å². The molecule has 1 amide bonds. The molecule has 4 nitrogen and oxygen atoms in total. The first kappa shape index (κ1) is 53.3. The van der Waals surface area contributed by atoms with Gasteiger partial charge in [-0.2, -0.15) is 0 Å². The van der Waals surface area contributed by atoms with Gasteiger partial charge in [0.15, 0.2) is 0 Å². The van der Waals surface area contributed by atoms with Crippen LogP contribution >= 0.6 is 0 Å². The molecule has 2 atom stereocenters. The normalized spacial score (nSPS) is 13.9. The Morgan fingerprint density at radius 3 is 1.25 bits per heavy atom. The van der Waals surface area contributed by atoms with Crippen LogP contribution in [0.15, 0.2) is 97.2 Å². The van der Waals surface area contributed by atoms with E-state index >= 15 is 0 Å². The quantitative estimate of drug-likeness (QED) is 0.0428. The minimum atomic E-state index is -0.870. The summed E-state index contributed by atoms with van der Waals surface area (Å²) in [6, 6.07) is -0.646. The van der Waals surface area contributed by atoms with Crippen molar-refractivity contribution in [1.29, 1.82) is 0 Å². The lowest BCUT2D eigenvalue weighted by atomic mass is 10.0. The number of aliphatic hydroxyl groups is 2. The Morgan fingerprint density at radius 1 is 0.464 bits per heavy atom. The third-order valence-corrected chi connectivity index (χ3v) is 10.1. The molecule has 0 fully saturated rings. The molecule has 0 aliphatic rings. The van der Waals surface area contributed by atoms with Crippen molar-refractivity contribution in [3.8, 4) is 0 Å². The third kappa shape index (κ3) is 42.5. The molecule has 0 aromatic heterocycles. The smallest absolute Gasteiger partial charge is 0.220 e. The lowest BCUT2D eigenvalue weighted by Gasteiger charge is -2.19. The first-order valence-electron chi connectivity index (χ1n) is 23.4. The molecule has 320 valence electrons. The van der Waals surface area contributed by atoms with Crippen molar-refractivity contribution in [1.82, 2.24) is 5.32 Å². The molecule has 0 spiro atoms. The molecule has 0 rings (SSSR count). The molecule has 56 heavy (non-hydrogen) atoms. The van der Waals surface area contributed by atoms with Crippen molar-refractivity contribution >= 4 is 5.91 Å². The van der Waals surface area contributed by atoms with Crippen molar-refractivity contribution in [2.24, 2.45) is 0 Å². The zero-order valence-electron chi connectivity index (χ0n) is 36.6. The molecule has 3 N–H and O–H groups in total. The van der Waals surface area contributed by atoms with Crippen molar-refractivity contribution < 1.29 is 15.0 Å². The number of amides is 1. The van der Waals surface area contributed by atoms with E-state index in [1.807, 2.05) is 13.0 Å². The summed E-state index contributed by atoms with van der Waals surface area (Å²) in [5.41, 5.74) is 0. The van der Waals surface area contributed by atoms with Gasteiger partial charge in [-0.05, 0) is 84.0 Å². The summed E-state index contributed by atoms with van der Waals surface area (Å²) in [5, 5.41) is 22.8. The molecule has 0 saturated heterocycles. The number of carbonyl (C=O) groups is 1. The second kappa shape index (κ2) is 46.7. The number of hydrogen-bond acceptors (Lipinski definition) is 3. The topological polar surface area (TPSA) is 69.6 Å². The van der Waals surface area contributed by atoms with Crippen molar-refractivity contribution in [3.63, 3.8) is 0 Å². The van der Waals surface area contributed by atoms with Crippen LogP contribution in [0.2, 0.25) is 0 Å². The van der Waals surface area contributed by atoms with Gasteiger partial charge < -0.3 is 15.5 Å². The summed E-state index contributed by atoms with van der Waals surface area (Å²) >= 11 is 0. The average molecular weight is 776 g/mol. The number of unbranched alkanes of at least 4 members (excludes halogenated alkanes) is 21.